The first-order chi connectivity index (χ1) is 13.4. The van der Waals surface area contributed by atoms with Gasteiger partial charge in [-0.05, 0) is 70.2 Å². The van der Waals surface area contributed by atoms with Crippen molar-refractivity contribution in [3.05, 3.63) is 96.3 Å². The summed E-state index contributed by atoms with van der Waals surface area (Å²) in [5.74, 6) is -0.0620. The average molecular weight is 394 g/mol. The molecule has 3 heteroatoms. The summed E-state index contributed by atoms with van der Waals surface area (Å²) in [5, 5.41) is 0. The molecule has 0 amide bonds. The molecule has 3 rings (SSSR count). The minimum Gasteiger partial charge on any atom is -0.481 e. The van der Waals surface area contributed by atoms with Gasteiger partial charge in [0.25, 0.3) is 0 Å². The van der Waals surface area contributed by atoms with Gasteiger partial charge in [0.1, 0.15) is 5.60 Å². The van der Waals surface area contributed by atoms with Gasteiger partial charge in [0.05, 0.1) is 10.9 Å². The van der Waals surface area contributed by atoms with E-state index in [4.69, 9.17) is 4.74 Å². The lowest BCUT2D eigenvalue weighted by atomic mass is 10.1. The molecule has 0 spiro atoms. The van der Waals surface area contributed by atoms with Crippen molar-refractivity contribution in [3.8, 4) is 5.75 Å². The number of ether oxygens (including phenoxy) is 1. The smallest absolute Gasteiger partial charge is 0.170 e. The molecule has 1 nitrogen and oxygen atoms in total. The van der Waals surface area contributed by atoms with E-state index in [1.54, 1.807) is 12.1 Å². The fourth-order valence-electron chi connectivity index (χ4n) is 3.22. The van der Waals surface area contributed by atoms with Crippen molar-refractivity contribution >= 4 is 10.9 Å². The van der Waals surface area contributed by atoms with Crippen LogP contribution in [0.1, 0.15) is 27.7 Å². The lowest BCUT2D eigenvalue weighted by molar-refractivity contribution is 0.153. The van der Waals surface area contributed by atoms with Crippen molar-refractivity contribution in [1.29, 1.82) is 0 Å². The van der Waals surface area contributed by atoms with E-state index in [-0.39, 0.29) is 22.5 Å². The van der Waals surface area contributed by atoms with Crippen molar-refractivity contribution in [3.63, 3.8) is 0 Å². The third-order valence-corrected chi connectivity index (χ3v) is 6.32. The molecule has 0 aromatic heterocycles. The molecule has 0 saturated heterocycles. The fraction of sp³-hybridized carbons (Fsp3) is 0.200. The first-order valence-electron chi connectivity index (χ1n) is 9.35. The first-order valence-corrected chi connectivity index (χ1v) is 10.6. The molecule has 0 aliphatic heterocycles. The van der Waals surface area contributed by atoms with E-state index in [1.165, 1.54) is 0 Å². The Kier molecular flexibility index (Phi) is 6.25. The van der Waals surface area contributed by atoms with Crippen molar-refractivity contribution in [2.24, 2.45) is 0 Å². The molecule has 0 radical (unpaired) electrons. The second kappa shape index (κ2) is 8.66. The molecule has 3 aromatic carbocycles. The molecule has 0 N–H and O–H groups in total. The number of benzene rings is 3. The number of hydrogen-bond donors (Lipinski definition) is 0. The van der Waals surface area contributed by atoms with E-state index in [0.717, 1.165) is 20.3 Å². The Balaban J connectivity index is 1.99. The molecule has 3 aromatic rings. The van der Waals surface area contributed by atoms with Gasteiger partial charge in [0.15, 0.2) is 26.3 Å². The van der Waals surface area contributed by atoms with Crippen LogP contribution in [0.15, 0.2) is 105 Å². The van der Waals surface area contributed by atoms with Crippen LogP contribution in [0.4, 0.5) is 4.39 Å². The van der Waals surface area contributed by atoms with Crippen LogP contribution in [-0.2, 0) is 10.9 Å². The maximum atomic E-state index is 15.0. The van der Waals surface area contributed by atoms with E-state index in [1.807, 2.05) is 76.2 Å². The highest BCUT2D eigenvalue weighted by Gasteiger charge is 2.30. The lowest BCUT2D eigenvalue weighted by Gasteiger charge is -2.24. The summed E-state index contributed by atoms with van der Waals surface area (Å²) in [7, 11) is -0.373. The topological polar surface area (TPSA) is 9.23 Å². The van der Waals surface area contributed by atoms with Gasteiger partial charge in [-0.1, -0.05) is 42.0 Å². The number of rotatable bonds is 6. The molecule has 0 unspecified atom stereocenters. The molecule has 0 aliphatic carbocycles. The van der Waals surface area contributed by atoms with Gasteiger partial charge in [-0.3, -0.25) is 0 Å². The molecule has 0 saturated carbocycles. The Morgan fingerprint density at radius 1 is 0.821 bits per heavy atom. The predicted octanol–water partition coefficient (Wildman–Crippen LogP) is 7.04. The summed E-state index contributed by atoms with van der Waals surface area (Å²) in [5.41, 5.74) is 0.568. The van der Waals surface area contributed by atoms with Crippen LogP contribution in [0, 0.1) is 5.82 Å². The van der Waals surface area contributed by atoms with Crippen LogP contribution in [0.3, 0.4) is 0 Å². The minimum atomic E-state index is -0.568. The molecule has 144 valence electrons. The average Bonchev–Trinajstić information content (AvgIpc) is 2.65. The monoisotopic (exact) mass is 393 g/mol. The van der Waals surface area contributed by atoms with E-state index in [0.29, 0.717) is 0 Å². The molecular formula is C25H26FOS+. The van der Waals surface area contributed by atoms with Gasteiger partial charge >= 0.3 is 0 Å². The molecule has 0 bridgehead atoms. The normalized spacial score (nSPS) is 11.4. The van der Waals surface area contributed by atoms with Crippen LogP contribution in [0.2, 0.25) is 0 Å². The van der Waals surface area contributed by atoms with Gasteiger partial charge in [0.2, 0.25) is 0 Å². The Morgan fingerprint density at radius 2 is 1.36 bits per heavy atom. The molecule has 0 heterocycles. The maximum Gasteiger partial charge on any atom is 0.170 e. The lowest BCUT2D eigenvalue weighted by Crippen LogP contribution is -2.26. The minimum absolute atomic E-state index is 0.274. The molecule has 28 heavy (non-hydrogen) atoms. The van der Waals surface area contributed by atoms with Gasteiger partial charge in [-0.15, -0.1) is 0 Å². The molecular weight excluding hydrogens is 367 g/mol. The highest BCUT2D eigenvalue weighted by molar-refractivity contribution is 7.97. The zero-order valence-electron chi connectivity index (χ0n) is 16.8. The summed E-state index contributed by atoms with van der Waals surface area (Å²) in [6.07, 6.45) is 2.00. The second-order valence-electron chi connectivity index (χ2n) is 7.45. The van der Waals surface area contributed by atoms with Crippen molar-refractivity contribution in [2.75, 3.05) is 0 Å². The largest absolute Gasteiger partial charge is 0.481 e. The fourth-order valence-corrected chi connectivity index (χ4v) is 5.32. The van der Waals surface area contributed by atoms with Crippen LogP contribution in [0.5, 0.6) is 5.75 Å². The Morgan fingerprint density at radius 3 is 1.82 bits per heavy atom. The molecule has 0 aliphatic rings. The van der Waals surface area contributed by atoms with Crippen LogP contribution < -0.4 is 4.74 Å². The van der Waals surface area contributed by atoms with E-state index in [2.05, 4.69) is 24.3 Å². The first kappa shape index (κ1) is 20.2. The molecule has 0 atom stereocenters. The molecule has 0 fully saturated rings. The van der Waals surface area contributed by atoms with Crippen molar-refractivity contribution < 1.29 is 9.13 Å². The predicted molar refractivity (Wildman–Crippen MR) is 116 cm³/mol. The van der Waals surface area contributed by atoms with Gasteiger partial charge in [-0.25, -0.2) is 4.39 Å². The van der Waals surface area contributed by atoms with Gasteiger partial charge in [-0.2, -0.15) is 0 Å². The van der Waals surface area contributed by atoms with Crippen LogP contribution in [0.25, 0.3) is 0 Å². The number of hydrogen-bond acceptors (Lipinski definition) is 1. The Bertz CT molecular complexity index is 905. The summed E-state index contributed by atoms with van der Waals surface area (Å²) >= 11 is 0. The summed E-state index contributed by atoms with van der Waals surface area (Å²) in [6, 6.07) is 25.8. The Labute approximate surface area is 170 Å². The quantitative estimate of drug-likeness (QED) is 0.322. The number of halogens is 1. The third-order valence-electron chi connectivity index (χ3n) is 4.11. The maximum absolute atomic E-state index is 15.0. The van der Waals surface area contributed by atoms with Crippen molar-refractivity contribution in [2.45, 2.75) is 48.0 Å². The van der Waals surface area contributed by atoms with E-state index < -0.39 is 5.60 Å². The van der Waals surface area contributed by atoms with Crippen LogP contribution in [-0.4, -0.2) is 5.60 Å². The zero-order chi connectivity index (χ0) is 20.1. The van der Waals surface area contributed by atoms with Gasteiger partial charge < -0.3 is 4.74 Å². The summed E-state index contributed by atoms with van der Waals surface area (Å²) in [4.78, 5) is 3.25. The van der Waals surface area contributed by atoms with E-state index in [9.17, 15) is 4.39 Å². The highest BCUT2D eigenvalue weighted by atomic mass is 32.2. The number of allylic oxidation sites excluding steroid dienone is 1. The second-order valence-corrected chi connectivity index (χ2v) is 9.48. The van der Waals surface area contributed by atoms with E-state index >= 15 is 0 Å². The third kappa shape index (κ3) is 5.05. The summed E-state index contributed by atoms with van der Waals surface area (Å²) in [6.45, 7) is 7.89. The SMILES string of the molecule is CC(C)=CC(C)(C)Oc1ccc([S+](c2ccccc2)c2ccccc2)cc1F. The van der Waals surface area contributed by atoms with Crippen LogP contribution >= 0.6 is 0 Å². The van der Waals surface area contributed by atoms with Crippen molar-refractivity contribution in [1.82, 2.24) is 0 Å². The highest BCUT2D eigenvalue weighted by Crippen LogP contribution is 2.34. The van der Waals surface area contributed by atoms with Gasteiger partial charge in [0, 0.05) is 6.07 Å². The summed E-state index contributed by atoms with van der Waals surface area (Å²) < 4.78 is 20.9. The zero-order valence-corrected chi connectivity index (χ0v) is 17.6. The standard InChI is InChI=1S/C25H26FOS/c1-19(2)18-25(3,4)27-24-16-15-22(17-23(24)26)28(20-11-7-5-8-12-20)21-13-9-6-10-14-21/h5-18H,1-4H3/q+1. The Hall–Kier alpha value is -2.52.